The average Bonchev–Trinajstić information content (AvgIpc) is 2.88. The van der Waals surface area contributed by atoms with E-state index in [1.54, 1.807) is 30.2 Å². The molecule has 0 aromatic carbocycles. The van der Waals surface area contributed by atoms with Gasteiger partial charge in [-0.2, -0.15) is 4.37 Å². The zero-order valence-corrected chi connectivity index (χ0v) is 9.14. The lowest BCUT2D eigenvalue weighted by Crippen LogP contribution is -2.08. The number of methoxy groups -OCH3 is 1. The molecule has 0 bridgehead atoms. The van der Waals surface area contributed by atoms with Gasteiger partial charge in [0, 0.05) is 17.1 Å². The highest BCUT2D eigenvalue weighted by Gasteiger charge is 2.14. The average molecular weight is 227 g/mol. The Kier molecular flexibility index (Phi) is 2.76. The zero-order chi connectivity index (χ0) is 9.97. The van der Waals surface area contributed by atoms with Gasteiger partial charge in [-0.15, -0.1) is 11.3 Å². The SMILES string of the molecule is COc1cc(C(N)c2cncs2)sn1. The number of aromatic nitrogens is 2. The second-order valence-electron chi connectivity index (χ2n) is 2.65. The van der Waals surface area contributed by atoms with Gasteiger partial charge in [0.15, 0.2) is 0 Å². The van der Waals surface area contributed by atoms with Crippen LogP contribution in [0.2, 0.25) is 0 Å². The molecule has 0 spiro atoms. The fourth-order valence-electron chi connectivity index (χ4n) is 1.03. The van der Waals surface area contributed by atoms with E-state index in [9.17, 15) is 0 Å². The summed E-state index contributed by atoms with van der Waals surface area (Å²) in [6.45, 7) is 0. The van der Waals surface area contributed by atoms with E-state index in [4.69, 9.17) is 10.5 Å². The highest BCUT2D eigenvalue weighted by atomic mass is 32.1. The largest absolute Gasteiger partial charge is 0.480 e. The van der Waals surface area contributed by atoms with E-state index in [0.717, 1.165) is 9.75 Å². The predicted molar refractivity (Wildman–Crippen MR) is 56.8 cm³/mol. The van der Waals surface area contributed by atoms with Crippen LogP contribution in [0, 0.1) is 0 Å². The van der Waals surface area contributed by atoms with Crippen molar-refractivity contribution < 1.29 is 4.74 Å². The molecule has 2 heterocycles. The molecular weight excluding hydrogens is 218 g/mol. The van der Waals surface area contributed by atoms with Crippen LogP contribution in [0.5, 0.6) is 5.88 Å². The minimum absolute atomic E-state index is 0.135. The van der Waals surface area contributed by atoms with Crippen molar-refractivity contribution in [1.29, 1.82) is 0 Å². The van der Waals surface area contributed by atoms with Gasteiger partial charge >= 0.3 is 0 Å². The number of thiazole rings is 1. The summed E-state index contributed by atoms with van der Waals surface area (Å²) in [7, 11) is 1.59. The Morgan fingerprint density at radius 1 is 1.50 bits per heavy atom. The summed E-state index contributed by atoms with van der Waals surface area (Å²) in [6, 6.07) is 1.72. The first kappa shape index (κ1) is 9.57. The van der Waals surface area contributed by atoms with Crippen molar-refractivity contribution in [3.63, 3.8) is 0 Å². The smallest absolute Gasteiger partial charge is 0.225 e. The fraction of sp³-hybridized carbons (Fsp3) is 0.250. The number of hydrogen-bond acceptors (Lipinski definition) is 6. The molecule has 0 fully saturated rings. The Labute approximate surface area is 89.5 Å². The first-order valence-corrected chi connectivity index (χ1v) is 5.61. The Bertz CT molecular complexity index is 398. The van der Waals surface area contributed by atoms with Crippen molar-refractivity contribution in [2.45, 2.75) is 6.04 Å². The Morgan fingerprint density at radius 2 is 2.36 bits per heavy atom. The van der Waals surface area contributed by atoms with Gasteiger partial charge in [-0.05, 0) is 11.5 Å². The fourth-order valence-corrected chi connectivity index (χ4v) is 2.46. The van der Waals surface area contributed by atoms with Gasteiger partial charge in [-0.3, -0.25) is 4.98 Å². The number of hydrogen-bond donors (Lipinski definition) is 1. The molecule has 0 aliphatic heterocycles. The van der Waals surface area contributed by atoms with Crippen LogP contribution >= 0.6 is 22.9 Å². The molecule has 4 nitrogen and oxygen atoms in total. The number of ether oxygens (including phenoxy) is 1. The molecule has 0 aliphatic rings. The van der Waals surface area contributed by atoms with E-state index >= 15 is 0 Å². The Morgan fingerprint density at radius 3 is 2.93 bits per heavy atom. The second-order valence-corrected chi connectivity index (χ2v) is 4.41. The normalized spacial score (nSPS) is 12.7. The number of nitrogens with zero attached hydrogens (tertiary/aromatic N) is 2. The van der Waals surface area contributed by atoms with E-state index in [-0.39, 0.29) is 6.04 Å². The minimum atomic E-state index is -0.135. The van der Waals surface area contributed by atoms with Crippen molar-refractivity contribution in [3.8, 4) is 5.88 Å². The molecule has 2 rings (SSSR count). The molecule has 14 heavy (non-hydrogen) atoms. The monoisotopic (exact) mass is 227 g/mol. The van der Waals surface area contributed by atoms with Gasteiger partial charge in [0.2, 0.25) is 5.88 Å². The van der Waals surface area contributed by atoms with E-state index in [1.807, 2.05) is 6.07 Å². The van der Waals surface area contributed by atoms with Gasteiger partial charge in [-0.1, -0.05) is 0 Å². The van der Waals surface area contributed by atoms with Crippen LogP contribution in [0.1, 0.15) is 15.8 Å². The highest BCUT2D eigenvalue weighted by molar-refractivity contribution is 7.10. The summed E-state index contributed by atoms with van der Waals surface area (Å²) < 4.78 is 9.08. The van der Waals surface area contributed by atoms with Crippen LogP contribution < -0.4 is 10.5 Å². The number of rotatable bonds is 3. The molecule has 2 aromatic heterocycles. The van der Waals surface area contributed by atoms with Crippen molar-refractivity contribution in [2.24, 2.45) is 5.73 Å². The highest BCUT2D eigenvalue weighted by Crippen LogP contribution is 2.28. The van der Waals surface area contributed by atoms with E-state index < -0.39 is 0 Å². The van der Waals surface area contributed by atoms with E-state index in [2.05, 4.69) is 9.36 Å². The zero-order valence-electron chi connectivity index (χ0n) is 7.51. The number of nitrogens with two attached hydrogens (primary N) is 1. The summed E-state index contributed by atoms with van der Waals surface area (Å²) in [6.07, 6.45) is 1.78. The van der Waals surface area contributed by atoms with Gasteiger partial charge in [0.25, 0.3) is 0 Å². The summed E-state index contributed by atoms with van der Waals surface area (Å²) in [4.78, 5) is 6.02. The third-order valence-corrected chi connectivity index (χ3v) is 3.49. The van der Waals surface area contributed by atoms with Crippen LogP contribution in [-0.4, -0.2) is 16.5 Å². The maximum absolute atomic E-state index is 6.01. The summed E-state index contributed by atoms with van der Waals surface area (Å²) in [5, 5.41) is 0. The molecule has 0 aliphatic carbocycles. The first-order chi connectivity index (χ1) is 6.81. The maximum Gasteiger partial charge on any atom is 0.225 e. The van der Waals surface area contributed by atoms with Crippen LogP contribution in [-0.2, 0) is 0 Å². The third-order valence-electron chi connectivity index (χ3n) is 1.78. The van der Waals surface area contributed by atoms with Crippen LogP contribution in [0.25, 0.3) is 0 Å². The molecule has 6 heteroatoms. The molecule has 2 N–H and O–H groups in total. The van der Waals surface area contributed by atoms with Crippen molar-refractivity contribution in [2.75, 3.05) is 7.11 Å². The molecule has 74 valence electrons. The molecule has 1 atom stereocenters. The quantitative estimate of drug-likeness (QED) is 0.866. The van der Waals surface area contributed by atoms with Gasteiger partial charge in [0.05, 0.1) is 23.5 Å². The molecule has 0 radical (unpaired) electrons. The van der Waals surface area contributed by atoms with Gasteiger partial charge < -0.3 is 10.5 Å². The maximum atomic E-state index is 6.01. The molecular formula is C8H9N3OS2. The molecule has 1 unspecified atom stereocenters. The first-order valence-electron chi connectivity index (χ1n) is 3.96. The second kappa shape index (κ2) is 4.04. The molecule has 0 amide bonds. The Hall–Kier alpha value is -0.980. The lowest BCUT2D eigenvalue weighted by atomic mass is 10.2. The lowest BCUT2D eigenvalue weighted by molar-refractivity contribution is 0.402. The van der Waals surface area contributed by atoms with Gasteiger partial charge in [-0.25, -0.2) is 0 Å². The lowest BCUT2D eigenvalue weighted by Gasteiger charge is -2.03. The third kappa shape index (κ3) is 1.77. The topological polar surface area (TPSA) is 61.0 Å². The summed E-state index contributed by atoms with van der Waals surface area (Å²) >= 11 is 2.90. The molecule has 0 saturated heterocycles. The van der Waals surface area contributed by atoms with Crippen LogP contribution in [0.3, 0.4) is 0 Å². The molecule has 0 saturated carbocycles. The van der Waals surface area contributed by atoms with E-state index in [0.29, 0.717) is 5.88 Å². The summed E-state index contributed by atoms with van der Waals surface area (Å²) in [5.41, 5.74) is 7.79. The summed E-state index contributed by atoms with van der Waals surface area (Å²) in [5.74, 6) is 0.616. The van der Waals surface area contributed by atoms with Gasteiger partial charge in [0.1, 0.15) is 0 Å². The molecule has 2 aromatic rings. The van der Waals surface area contributed by atoms with Crippen LogP contribution in [0.15, 0.2) is 17.8 Å². The van der Waals surface area contributed by atoms with Crippen molar-refractivity contribution in [1.82, 2.24) is 9.36 Å². The van der Waals surface area contributed by atoms with Crippen molar-refractivity contribution in [3.05, 3.63) is 27.5 Å². The minimum Gasteiger partial charge on any atom is -0.480 e. The Balaban J connectivity index is 2.23. The van der Waals surface area contributed by atoms with Crippen LogP contribution in [0.4, 0.5) is 0 Å². The standard InChI is InChI=1S/C8H9N3OS2/c1-12-7-2-5(14-11-7)8(9)6-3-10-4-13-6/h2-4,8H,9H2,1H3. The van der Waals surface area contributed by atoms with E-state index in [1.165, 1.54) is 11.5 Å². The van der Waals surface area contributed by atoms with Crippen molar-refractivity contribution >= 4 is 22.9 Å². The predicted octanol–water partition coefficient (Wildman–Crippen LogP) is 1.66.